The van der Waals surface area contributed by atoms with E-state index in [4.69, 9.17) is 23.9 Å². The fourth-order valence-electron chi connectivity index (χ4n) is 6.73. The van der Waals surface area contributed by atoms with Crippen LogP contribution in [0.1, 0.15) is 44.0 Å². The van der Waals surface area contributed by atoms with Gasteiger partial charge < -0.3 is 28.8 Å². The van der Waals surface area contributed by atoms with E-state index >= 15 is 4.39 Å². The number of ether oxygens (including phenoxy) is 2. The minimum Gasteiger partial charge on any atom is -0.480 e. The number of carboxylic acids is 1. The summed E-state index contributed by atoms with van der Waals surface area (Å²) in [6, 6.07) is 8.22. The van der Waals surface area contributed by atoms with Crippen LogP contribution in [0, 0.1) is 5.92 Å². The Bertz CT molecular complexity index is 1790. The van der Waals surface area contributed by atoms with Gasteiger partial charge in [-0.2, -0.15) is 0 Å². The van der Waals surface area contributed by atoms with Crippen LogP contribution >= 0.6 is 15.9 Å². The molecule has 1 N–H and O–H groups in total. The fraction of sp³-hybridized carbons (Fsp3) is 0.469. The van der Waals surface area contributed by atoms with E-state index in [9.17, 15) is 14.7 Å². The van der Waals surface area contributed by atoms with Gasteiger partial charge in [-0.15, -0.1) is 0 Å². The van der Waals surface area contributed by atoms with Gasteiger partial charge in [-0.05, 0) is 47.0 Å². The average Bonchev–Trinajstić information content (AvgIpc) is 3.62. The number of aliphatic carboxylic acids is 1. The molecule has 236 valence electrons. The summed E-state index contributed by atoms with van der Waals surface area (Å²) in [6.45, 7) is 2.71. The molecule has 6 bridgehead atoms. The van der Waals surface area contributed by atoms with Crippen LogP contribution in [0.5, 0.6) is 5.88 Å². The van der Waals surface area contributed by atoms with Crippen LogP contribution in [0.15, 0.2) is 45.4 Å². The van der Waals surface area contributed by atoms with Gasteiger partial charge in [0, 0.05) is 60.9 Å². The zero-order chi connectivity index (χ0) is 31.3. The molecule has 1 aromatic carbocycles. The first kappa shape index (κ1) is 29.8. The quantitative estimate of drug-likeness (QED) is 0.292. The molecule has 0 aliphatic carbocycles. The number of rotatable bonds is 1. The van der Waals surface area contributed by atoms with E-state index in [1.165, 1.54) is 6.20 Å². The lowest BCUT2D eigenvalue weighted by atomic mass is 9.78. The minimum absolute atomic E-state index is 0.0662. The van der Waals surface area contributed by atoms with Gasteiger partial charge in [0.05, 0.1) is 12.1 Å². The second kappa shape index (κ2) is 11.8. The van der Waals surface area contributed by atoms with Crippen molar-refractivity contribution in [2.24, 2.45) is 5.92 Å². The average molecular weight is 683 g/mol. The van der Waals surface area contributed by atoms with Gasteiger partial charge >= 0.3 is 5.97 Å². The number of carboxylic acid groups (broad SMARTS) is 1. The Labute approximate surface area is 266 Å². The maximum atomic E-state index is 17.0. The molecule has 2 fully saturated rings. The van der Waals surface area contributed by atoms with Crippen LogP contribution < -0.4 is 9.64 Å². The number of fused-ring (bicyclic) bond motifs is 11. The van der Waals surface area contributed by atoms with Crippen molar-refractivity contribution in [3.05, 3.63) is 52.4 Å². The number of carbonyl (C=O) groups is 2. The molecule has 45 heavy (non-hydrogen) atoms. The first-order chi connectivity index (χ1) is 21.7. The van der Waals surface area contributed by atoms with Gasteiger partial charge in [-0.1, -0.05) is 19.1 Å². The molecule has 4 aromatic rings. The highest BCUT2D eigenvalue weighted by molar-refractivity contribution is 9.10. The molecule has 3 aromatic heterocycles. The van der Waals surface area contributed by atoms with Crippen molar-refractivity contribution in [1.29, 1.82) is 0 Å². The van der Waals surface area contributed by atoms with Crippen molar-refractivity contribution in [1.82, 2.24) is 19.9 Å². The third-order valence-corrected chi connectivity index (χ3v) is 9.58. The summed E-state index contributed by atoms with van der Waals surface area (Å²) in [4.78, 5) is 43.0. The highest BCUT2D eigenvalue weighted by Crippen LogP contribution is 2.46. The largest absolute Gasteiger partial charge is 0.480 e. The summed E-state index contributed by atoms with van der Waals surface area (Å²) < 4.78 is 35.9. The van der Waals surface area contributed by atoms with E-state index in [0.29, 0.717) is 58.7 Å². The monoisotopic (exact) mass is 681 g/mol. The fourth-order valence-corrected chi connectivity index (χ4v) is 7.06. The van der Waals surface area contributed by atoms with Gasteiger partial charge in [-0.25, -0.2) is 24.1 Å². The number of nitrogens with zero attached hydrogens (tertiary/aromatic N) is 5. The Hall–Kier alpha value is -3.84. The summed E-state index contributed by atoms with van der Waals surface area (Å²) in [5, 5.41) is 11.1. The molecular weight excluding hydrogens is 649 g/mol. The highest BCUT2D eigenvalue weighted by Gasteiger charge is 2.47. The lowest BCUT2D eigenvalue weighted by Gasteiger charge is -2.42. The molecule has 7 heterocycles. The number of alkyl halides is 1. The third kappa shape index (κ3) is 5.50. The van der Waals surface area contributed by atoms with Crippen molar-refractivity contribution in [2.45, 2.75) is 56.8 Å². The molecule has 0 saturated carbocycles. The molecule has 4 aliphatic heterocycles. The molecule has 11 nitrogen and oxygen atoms in total. The van der Waals surface area contributed by atoms with Gasteiger partial charge in [0.25, 0.3) is 0 Å². The molecule has 4 atom stereocenters. The second-order valence-corrected chi connectivity index (χ2v) is 13.0. The molecular formula is C32H33BrFN5O6. The van der Waals surface area contributed by atoms with E-state index in [1.54, 1.807) is 22.8 Å². The number of anilines is 1. The molecule has 0 unspecified atom stereocenters. The van der Waals surface area contributed by atoms with E-state index in [1.807, 2.05) is 24.3 Å². The molecule has 2 saturated heterocycles. The summed E-state index contributed by atoms with van der Waals surface area (Å²) in [5.74, 6) is -0.703. The number of carbonyl (C=O) groups excluding carboxylic acids is 1. The van der Waals surface area contributed by atoms with Crippen molar-refractivity contribution in [3.63, 3.8) is 0 Å². The Morgan fingerprint density at radius 1 is 1.20 bits per heavy atom. The number of piperidine rings is 1. The lowest BCUT2D eigenvalue weighted by molar-refractivity contribution is -0.141. The number of halogens is 2. The number of hydrogen-bond donors (Lipinski definition) is 1. The first-order valence-corrected chi connectivity index (χ1v) is 16.1. The van der Waals surface area contributed by atoms with E-state index in [2.05, 4.69) is 20.9 Å². The van der Waals surface area contributed by atoms with Crippen LogP contribution in [0.2, 0.25) is 0 Å². The zero-order valence-corrected chi connectivity index (χ0v) is 26.3. The minimum atomic E-state index is -1.82. The number of para-hydroxylation sites is 1. The Morgan fingerprint density at radius 2 is 2.04 bits per heavy atom. The summed E-state index contributed by atoms with van der Waals surface area (Å²) in [7, 11) is 0. The van der Waals surface area contributed by atoms with Crippen LogP contribution in [0.3, 0.4) is 0 Å². The Kier molecular flexibility index (Phi) is 7.84. The van der Waals surface area contributed by atoms with Crippen LogP contribution in [-0.2, 0) is 26.4 Å². The van der Waals surface area contributed by atoms with E-state index < -0.39 is 29.7 Å². The summed E-state index contributed by atoms with van der Waals surface area (Å²) in [6.07, 6.45) is 3.01. The molecule has 8 rings (SSSR count). The number of aromatic nitrogens is 3. The first-order valence-electron chi connectivity index (χ1n) is 15.3. The predicted molar refractivity (Wildman–Crippen MR) is 166 cm³/mol. The smallest absolute Gasteiger partial charge is 0.326 e. The number of furan rings is 1. The predicted octanol–water partition coefficient (Wildman–Crippen LogP) is 5.03. The van der Waals surface area contributed by atoms with Crippen molar-refractivity contribution < 1.29 is 33.0 Å². The molecule has 0 spiro atoms. The normalized spacial score (nSPS) is 26.2. The van der Waals surface area contributed by atoms with Gasteiger partial charge in [0.2, 0.25) is 11.8 Å². The molecule has 4 aliphatic rings. The SMILES string of the molecule is C[C@H]1CN2CC[C@]1(F)c1cc(Br)cnc1O[C@H]1C[C@@H](C(=O)O)N(C1)c1nc(nc3c1oc1ccccc13)CCCCOCC2=O. The standard InChI is InChI=1S/C32H33BrFN5O6/c1-18-15-38-10-9-32(18,34)22-12-19(33)14-35-30(22)44-20-13-23(31(41)42)39(16-20)29-28-27(21-6-2-3-7-24(21)45-28)36-25(37-29)8-4-5-11-43-17-26(38)40/h2-3,6-7,12,14,18,20,23H,4-5,8-11,13,15-17H2,1H3,(H,41,42)/t18-,20-,23-,32+/m0/s1. The maximum Gasteiger partial charge on any atom is 0.326 e. The summed E-state index contributed by atoms with van der Waals surface area (Å²) in [5.41, 5.74) is 0.0904. The zero-order valence-electron chi connectivity index (χ0n) is 24.7. The van der Waals surface area contributed by atoms with Crippen LogP contribution in [-0.4, -0.2) is 81.8 Å². The number of amides is 1. The van der Waals surface area contributed by atoms with Crippen molar-refractivity contribution in [3.8, 4) is 5.88 Å². The van der Waals surface area contributed by atoms with Gasteiger partial charge in [0.15, 0.2) is 11.4 Å². The number of hydrogen-bond acceptors (Lipinski definition) is 9. The van der Waals surface area contributed by atoms with Crippen LogP contribution in [0.25, 0.3) is 22.1 Å². The maximum absolute atomic E-state index is 17.0. The molecule has 1 amide bonds. The van der Waals surface area contributed by atoms with Crippen molar-refractivity contribution in [2.75, 3.05) is 37.7 Å². The second-order valence-electron chi connectivity index (χ2n) is 12.1. The van der Waals surface area contributed by atoms with Crippen LogP contribution in [0.4, 0.5) is 10.2 Å². The number of benzene rings is 1. The van der Waals surface area contributed by atoms with Gasteiger partial charge in [0.1, 0.15) is 41.3 Å². The van der Waals surface area contributed by atoms with Gasteiger partial charge in [-0.3, -0.25) is 4.79 Å². The number of aryl methyl sites for hydroxylation is 1. The highest BCUT2D eigenvalue weighted by atomic mass is 79.9. The lowest BCUT2D eigenvalue weighted by Crippen LogP contribution is -2.50. The topological polar surface area (TPSA) is 131 Å². The van der Waals surface area contributed by atoms with Crippen molar-refractivity contribution >= 4 is 55.7 Å². The third-order valence-electron chi connectivity index (χ3n) is 9.15. The summed E-state index contributed by atoms with van der Waals surface area (Å²) >= 11 is 3.43. The van der Waals surface area contributed by atoms with E-state index in [0.717, 1.165) is 5.39 Å². The Morgan fingerprint density at radius 3 is 2.87 bits per heavy atom. The Balaban J connectivity index is 1.31. The van der Waals surface area contributed by atoms with E-state index in [-0.39, 0.29) is 56.4 Å². The molecule has 0 radical (unpaired) electrons. The number of pyridine rings is 1. The molecule has 13 heteroatoms.